The Hall–Kier alpha value is -2.37. The van der Waals surface area contributed by atoms with Crippen LogP contribution in [0, 0.1) is 20.8 Å². The van der Waals surface area contributed by atoms with Crippen molar-refractivity contribution in [3.8, 4) is 0 Å². The third kappa shape index (κ3) is 6.38. The van der Waals surface area contributed by atoms with Crippen LogP contribution < -0.4 is 10.7 Å². The predicted octanol–water partition coefficient (Wildman–Crippen LogP) is 4.79. The van der Waals surface area contributed by atoms with Crippen LogP contribution in [0.4, 0.5) is 5.69 Å². The first-order chi connectivity index (χ1) is 12.8. The summed E-state index contributed by atoms with van der Waals surface area (Å²) in [5, 5.41) is 7.67. The number of nitrogens with zero attached hydrogens (tertiary/aromatic N) is 1. The highest BCUT2D eigenvalue weighted by Crippen LogP contribution is 2.22. The Kier molecular flexibility index (Phi) is 7.39. The van der Waals surface area contributed by atoms with Gasteiger partial charge in [0.2, 0.25) is 11.8 Å². The molecule has 0 aliphatic carbocycles. The Morgan fingerprint density at radius 2 is 1.63 bits per heavy atom. The molecule has 0 spiro atoms. The number of hydrogen-bond acceptors (Lipinski definition) is 3. The van der Waals surface area contributed by atoms with Gasteiger partial charge in [0.1, 0.15) is 0 Å². The normalized spacial score (nSPS) is 10.9. The number of hydrogen-bond donors (Lipinski definition) is 2. The Morgan fingerprint density at radius 1 is 1.00 bits per heavy atom. The molecule has 2 amide bonds. The summed E-state index contributed by atoms with van der Waals surface area (Å²) in [5.74, 6) is -0.575. The van der Waals surface area contributed by atoms with E-state index < -0.39 is 0 Å². The number of benzene rings is 2. The molecule has 2 N–H and O–H groups in total. The number of halogens is 2. The first kappa shape index (κ1) is 20.9. The Balaban J connectivity index is 1.83. The zero-order chi connectivity index (χ0) is 20.0. The van der Waals surface area contributed by atoms with Crippen molar-refractivity contribution in [2.24, 2.45) is 5.10 Å². The van der Waals surface area contributed by atoms with Gasteiger partial charge >= 0.3 is 0 Å². The number of carbonyl (C=O) groups excluding carboxylic acids is 2. The predicted molar refractivity (Wildman–Crippen MR) is 111 cm³/mol. The van der Waals surface area contributed by atoms with Gasteiger partial charge in [-0.2, -0.15) is 5.10 Å². The van der Waals surface area contributed by atoms with Gasteiger partial charge in [0.25, 0.3) is 0 Å². The maximum atomic E-state index is 12.1. The summed E-state index contributed by atoms with van der Waals surface area (Å²) >= 11 is 11.8. The fourth-order valence-corrected chi connectivity index (χ4v) is 3.10. The van der Waals surface area contributed by atoms with Crippen LogP contribution in [0.3, 0.4) is 0 Å². The summed E-state index contributed by atoms with van der Waals surface area (Å²) in [6.07, 6.45) is 1.52. The Morgan fingerprint density at radius 3 is 2.26 bits per heavy atom. The van der Waals surface area contributed by atoms with Crippen LogP contribution in [0.15, 0.2) is 35.4 Å². The van der Waals surface area contributed by atoms with E-state index in [1.807, 2.05) is 32.9 Å². The zero-order valence-electron chi connectivity index (χ0n) is 15.4. The second kappa shape index (κ2) is 9.53. The molecule has 5 nitrogen and oxygen atoms in total. The third-order valence-corrected chi connectivity index (χ3v) is 4.44. The fourth-order valence-electron chi connectivity index (χ4n) is 2.64. The van der Waals surface area contributed by atoms with E-state index in [4.69, 9.17) is 23.2 Å². The summed E-state index contributed by atoms with van der Waals surface area (Å²) in [6, 6.07) is 8.97. The van der Waals surface area contributed by atoms with Crippen molar-refractivity contribution < 1.29 is 9.59 Å². The smallest absolute Gasteiger partial charge is 0.240 e. The second-order valence-corrected chi connectivity index (χ2v) is 7.12. The van der Waals surface area contributed by atoms with Gasteiger partial charge in [0.05, 0.1) is 11.2 Å². The number of amides is 2. The van der Waals surface area contributed by atoms with Gasteiger partial charge in [-0.25, -0.2) is 5.43 Å². The summed E-state index contributed by atoms with van der Waals surface area (Å²) in [5.41, 5.74) is 6.93. The monoisotopic (exact) mass is 405 g/mol. The number of rotatable bonds is 6. The zero-order valence-corrected chi connectivity index (χ0v) is 16.9. The van der Waals surface area contributed by atoms with Crippen LogP contribution in [-0.2, 0) is 9.59 Å². The minimum absolute atomic E-state index is 0.0292. The number of anilines is 1. The molecular formula is C20H21Cl2N3O2. The molecule has 0 aliphatic heterocycles. The van der Waals surface area contributed by atoms with Crippen molar-refractivity contribution in [2.45, 2.75) is 33.6 Å². The molecule has 0 saturated carbocycles. The molecule has 7 heteroatoms. The maximum Gasteiger partial charge on any atom is 0.240 e. The van der Waals surface area contributed by atoms with Crippen LogP contribution in [0.2, 0.25) is 10.0 Å². The van der Waals surface area contributed by atoms with Crippen molar-refractivity contribution >= 4 is 46.9 Å². The lowest BCUT2D eigenvalue weighted by Crippen LogP contribution is -2.21. The van der Waals surface area contributed by atoms with Crippen LogP contribution in [0.25, 0.3) is 0 Å². The van der Waals surface area contributed by atoms with Crippen molar-refractivity contribution in [2.75, 3.05) is 5.32 Å². The molecule has 2 aromatic carbocycles. The topological polar surface area (TPSA) is 70.6 Å². The highest BCUT2D eigenvalue weighted by molar-refractivity contribution is 6.36. The molecule has 0 fully saturated rings. The van der Waals surface area contributed by atoms with Gasteiger partial charge in [0.15, 0.2) is 0 Å². The van der Waals surface area contributed by atoms with Gasteiger partial charge < -0.3 is 5.32 Å². The van der Waals surface area contributed by atoms with Crippen molar-refractivity contribution in [3.63, 3.8) is 0 Å². The van der Waals surface area contributed by atoms with Crippen molar-refractivity contribution in [1.29, 1.82) is 0 Å². The van der Waals surface area contributed by atoms with Crippen LogP contribution >= 0.6 is 23.2 Å². The summed E-state index contributed by atoms with van der Waals surface area (Å²) in [7, 11) is 0. The highest BCUT2D eigenvalue weighted by atomic mass is 35.5. The molecule has 2 rings (SSSR count). The summed E-state index contributed by atoms with van der Waals surface area (Å²) in [4.78, 5) is 24.0. The van der Waals surface area contributed by atoms with Gasteiger partial charge in [-0.05, 0) is 44.0 Å². The molecule has 142 valence electrons. The number of hydrazone groups is 1. The minimum Gasteiger partial charge on any atom is -0.326 e. The third-order valence-electron chi connectivity index (χ3n) is 3.88. The molecule has 27 heavy (non-hydrogen) atoms. The lowest BCUT2D eigenvalue weighted by molar-refractivity contribution is -0.124. The molecule has 0 saturated heterocycles. The summed E-state index contributed by atoms with van der Waals surface area (Å²) < 4.78 is 0. The van der Waals surface area contributed by atoms with E-state index in [1.54, 1.807) is 18.2 Å². The van der Waals surface area contributed by atoms with E-state index in [-0.39, 0.29) is 24.7 Å². The van der Waals surface area contributed by atoms with Crippen molar-refractivity contribution in [3.05, 3.63) is 62.6 Å². The Bertz CT molecular complexity index is 872. The molecular weight excluding hydrogens is 385 g/mol. The Labute approximate surface area is 168 Å². The van der Waals surface area contributed by atoms with Gasteiger partial charge in [-0.3, -0.25) is 9.59 Å². The lowest BCUT2D eigenvalue weighted by Gasteiger charge is -2.12. The van der Waals surface area contributed by atoms with E-state index >= 15 is 0 Å². The average Bonchev–Trinajstić information content (AvgIpc) is 2.58. The van der Waals surface area contributed by atoms with E-state index in [1.165, 1.54) is 6.21 Å². The van der Waals surface area contributed by atoms with E-state index in [0.717, 1.165) is 22.4 Å². The molecule has 2 aromatic rings. The van der Waals surface area contributed by atoms with Crippen LogP contribution in [0.1, 0.15) is 35.1 Å². The molecule has 0 bridgehead atoms. The van der Waals surface area contributed by atoms with Gasteiger partial charge in [-0.1, -0.05) is 47.0 Å². The standard InChI is InChI=1S/C20H21Cl2N3O2/c1-12-8-13(2)20(14(3)9-12)24-18(26)6-7-19(27)25-23-11-15-4-5-16(21)10-17(15)22/h4-5,8-11H,6-7H2,1-3H3,(H,24,26)(H,25,27)/b23-11-. The molecule has 0 heterocycles. The summed E-state index contributed by atoms with van der Waals surface area (Å²) in [6.45, 7) is 5.89. The van der Waals surface area contributed by atoms with Crippen LogP contribution in [-0.4, -0.2) is 18.0 Å². The SMILES string of the molecule is Cc1cc(C)c(NC(=O)CCC(=O)N/N=C\c2ccc(Cl)cc2Cl)c(C)c1. The minimum atomic E-state index is -0.358. The highest BCUT2D eigenvalue weighted by Gasteiger charge is 2.10. The number of nitrogens with one attached hydrogen (secondary N) is 2. The molecule has 0 unspecified atom stereocenters. The maximum absolute atomic E-state index is 12.1. The average molecular weight is 406 g/mol. The van der Waals surface area contributed by atoms with Crippen molar-refractivity contribution in [1.82, 2.24) is 5.43 Å². The molecule has 0 radical (unpaired) electrons. The fraction of sp³-hybridized carbons (Fsp3) is 0.250. The quantitative estimate of drug-likeness (QED) is 0.535. The molecule has 0 aromatic heterocycles. The largest absolute Gasteiger partial charge is 0.326 e. The first-order valence-corrected chi connectivity index (χ1v) is 9.16. The second-order valence-electron chi connectivity index (χ2n) is 6.28. The lowest BCUT2D eigenvalue weighted by atomic mass is 10.0. The van der Waals surface area contributed by atoms with E-state index in [2.05, 4.69) is 15.8 Å². The van der Waals surface area contributed by atoms with Crippen LogP contribution in [0.5, 0.6) is 0 Å². The van der Waals surface area contributed by atoms with E-state index in [0.29, 0.717) is 15.6 Å². The van der Waals surface area contributed by atoms with E-state index in [9.17, 15) is 9.59 Å². The first-order valence-electron chi connectivity index (χ1n) is 8.41. The molecule has 0 aliphatic rings. The van der Waals surface area contributed by atoms with Gasteiger partial charge in [-0.15, -0.1) is 0 Å². The molecule has 0 atom stereocenters. The van der Waals surface area contributed by atoms with Gasteiger partial charge in [0, 0.05) is 29.1 Å². The number of carbonyl (C=O) groups is 2. The number of aryl methyl sites for hydroxylation is 3.